The second-order valence-electron chi connectivity index (χ2n) is 4.53. The van der Waals surface area contributed by atoms with Crippen molar-refractivity contribution in [1.82, 2.24) is 9.78 Å². The highest BCUT2D eigenvalue weighted by Crippen LogP contribution is 2.35. The van der Waals surface area contributed by atoms with E-state index in [9.17, 15) is 4.79 Å². The second-order valence-corrected chi connectivity index (χ2v) is 5.59. The van der Waals surface area contributed by atoms with Crippen LogP contribution in [0.4, 0.5) is 0 Å². The molecule has 0 fully saturated rings. The maximum Gasteiger partial charge on any atom is 0.178 e. The third-order valence-corrected chi connectivity index (χ3v) is 4.12. The smallest absolute Gasteiger partial charge is 0.178 e. The minimum atomic E-state index is -0.361. The van der Waals surface area contributed by atoms with Gasteiger partial charge in [-0.05, 0) is 17.7 Å². The molecule has 2 aromatic rings. The lowest BCUT2D eigenvalue weighted by molar-refractivity contribution is -0.124. The van der Waals surface area contributed by atoms with Gasteiger partial charge in [0, 0.05) is 30.3 Å². The standard InChI is InChI=1S/C14H14N2O2S/c1-16-8-10(7-15-16)6-11(17)13-9-19-14-5-3-2-4-12(14)18-13/h2-5,7-8,13H,6,9H2,1H3. The molecule has 1 unspecified atom stereocenters. The van der Waals surface area contributed by atoms with Crippen molar-refractivity contribution < 1.29 is 9.53 Å². The van der Waals surface area contributed by atoms with Gasteiger partial charge in [-0.15, -0.1) is 11.8 Å². The first-order chi connectivity index (χ1) is 9.22. The third kappa shape index (κ3) is 2.66. The van der Waals surface area contributed by atoms with E-state index in [0.717, 1.165) is 16.2 Å². The molecule has 1 aromatic heterocycles. The lowest BCUT2D eigenvalue weighted by atomic mass is 10.1. The number of Topliss-reactive ketones (excluding diaryl/α,β-unsaturated/α-hetero) is 1. The number of ether oxygens (including phenoxy) is 1. The van der Waals surface area contributed by atoms with E-state index in [1.54, 1.807) is 22.6 Å². The molecule has 1 aliphatic rings. The molecule has 0 saturated carbocycles. The minimum absolute atomic E-state index is 0.106. The number of ketones is 1. The van der Waals surface area contributed by atoms with Crippen molar-refractivity contribution in [1.29, 1.82) is 0 Å². The normalized spacial score (nSPS) is 17.6. The molecule has 4 nitrogen and oxygen atoms in total. The number of carbonyl (C=O) groups is 1. The molecule has 0 radical (unpaired) electrons. The van der Waals surface area contributed by atoms with Crippen molar-refractivity contribution in [2.75, 3.05) is 5.75 Å². The van der Waals surface area contributed by atoms with Crippen LogP contribution in [0.5, 0.6) is 5.75 Å². The average molecular weight is 274 g/mol. The first-order valence-corrected chi connectivity index (χ1v) is 7.09. The topological polar surface area (TPSA) is 44.1 Å². The van der Waals surface area contributed by atoms with Gasteiger partial charge in [-0.25, -0.2) is 0 Å². The van der Waals surface area contributed by atoms with Crippen LogP contribution in [0.15, 0.2) is 41.6 Å². The molecule has 5 heteroatoms. The number of benzene rings is 1. The molecule has 1 aromatic carbocycles. The Labute approximate surface area is 115 Å². The molecule has 98 valence electrons. The van der Waals surface area contributed by atoms with Crippen LogP contribution in [0, 0.1) is 0 Å². The van der Waals surface area contributed by atoms with Crippen LogP contribution in [0.25, 0.3) is 0 Å². The van der Waals surface area contributed by atoms with Crippen molar-refractivity contribution >= 4 is 17.5 Å². The Bertz CT molecular complexity index is 609. The number of carbonyl (C=O) groups excluding carboxylic acids is 1. The highest BCUT2D eigenvalue weighted by molar-refractivity contribution is 7.99. The van der Waals surface area contributed by atoms with Gasteiger partial charge >= 0.3 is 0 Å². The summed E-state index contributed by atoms with van der Waals surface area (Å²) in [4.78, 5) is 13.3. The van der Waals surface area contributed by atoms with Crippen LogP contribution in [0.1, 0.15) is 5.56 Å². The van der Waals surface area contributed by atoms with Crippen molar-refractivity contribution in [3.05, 3.63) is 42.2 Å². The van der Waals surface area contributed by atoms with Gasteiger partial charge in [-0.2, -0.15) is 5.10 Å². The van der Waals surface area contributed by atoms with Crippen LogP contribution >= 0.6 is 11.8 Å². The van der Waals surface area contributed by atoms with Crippen LogP contribution in [0.3, 0.4) is 0 Å². The summed E-state index contributed by atoms with van der Waals surface area (Å²) in [6.07, 6.45) is 3.60. The van der Waals surface area contributed by atoms with E-state index in [1.165, 1.54) is 0 Å². The number of rotatable bonds is 3. The number of aryl methyl sites for hydroxylation is 1. The highest BCUT2D eigenvalue weighted by atomic mass is 32.2. The van der Waals surface area contributed by atoms with Gasteiger partial charge in [-0.1, -0.05) is 12.1 Å². The second kappa shape index (κ2) is 5.09. The SMILES string of the molecule is Cn1cc(CC(=O)C2CSc3ccccc3O2)cn1. The molecule has 19 heavy (non-hydrogen) atoms. The van der Waals surface area contributed by atoms with Gasteiger partial charge in [0.05, 0.1) is 6.20 Å². The zero-order valence-corrected chi connectivity index (χ0v) is 11.4. The average Bonchev–Trinajstić information content (AvgIpc) is 2.83. The van der Waals surface area contributed by atoms with Gasteiger partial charge in [-0.3, -0.25) is 9.48 Å². The van der Waals surface area contributed by atoms with E-state index in [1.807, 2.05) is 37.5 Å². The summed E-state index contributed by atoms with van der Waals surface area (Å²) in [6.45, 7) is 0. The molecule has 3 rings (SSSR count). The molecule has 0 amide bonds. The maximum absolute atomic E-state index is 12.2. The lowest BCUT2D eigenvalue weighted by Gasteiger charge is -2.24. The number of thioether (sulfide) groups is 1. The van der Waals surface area contributed by atoms with Gasteiger partial charge in [0.15, 0.2) is 11.9 Å². The molecule has 2 heterocycles. The molecule has 1 aliphatic heterocycles. The van der Waals surface area contributed by atoms with Crippen LogP contribution in [-0.2, 0) is 18.3 Å². The first-order valence-electron chi connectivity index (χ1n) is 6.11. The lowest BCUT2D eigenvalue weighted by Crippen LogP contribution is -2.33. The van der Waals surface area contributed by atoms with Crippen molar-refractivity contribution in [3.8, 4) is 5.75 Å². The summed E-state index contributed by atoms with van der Waals surface area (Å²) >= 11 is 1.67. The molecule has 0 aliphatic carbocycles. The van der Waals surface area contributed by atoms with Crippen molar-refractivity contribution in [2.45, 2.75) is 17.4 Å². The highest BCUT2D eigenvalue weighted by Gasteiger charge is 2.26. The van der Waals surface area contributed by atoms with E-state index >= 15 is 0 Å². The number of hydrogen-bond acceptors (Lipinski definition) is 4. The Morgan fingerprint density at radius 3 is 3.16 bits per heavy atom. The Morgan fingerprint density at radius 2 is 2.37 bits per heavy atom. The van der Waals surface area contributed by atoms with Crippen molar-refractivity contribution in [2.24, 2.45) is 7.05 Å². The fourth-order valence-corrected chi connectivity index (χ4v) is 3.07. The predicted molar refractivity (Wildman–Crippen MR) is 73.5 cm³/mol. The molecule has 1 atom stereocenters. The number of para-hydroxylation sites is 1. The van der Waals surface area contributed by atoms with E-state index < -0.39 is 0 Å². The monoisotopic (exact) mass is 274 g/mol. The maximum atomic E-state index is 12.2. The van der Waals surface area contributed by atoms with Crippen LogP contribution in [0.2, 0.25) is 0 Å². The molecule has 0 bridgehead atoms. The molecular weight excluding hydrogens is 260 g/mol. The summed E-state index contributed by atoms with van der Waals surface area (Å²) in [5, 5.41) is 4.07. The summed E-state index contributed by atoms with van der Waals surface area (Å²) in [7, 11) is 1.84. The first kappa shape index (κ1) is 12.3. The summed E-state index contributed by atoms with van der Waals surface area (Å²) < 4.78 is 7.48. The van der Waals surface area contributed by atoms with E-state index in [2.05, 4.69) is 5.10 Å². The zero-order chi connectivity index (χ0) is 13.2. The number of hydrogen-bond donors (Lipinski definition) is 0. The zero-order valence-electron chi connectivity index (χ0n) is 10.6. The minimum Gasteiger partial charge on any atom is -0.481 e. The Hall–Kier alpha value is -1.75. The summed E-state index contributed by atoms with van der Waals surface area (Å²) in [5.74, 6) is 1.59. The van der Waals surface area contributed by atoms with Gasteiger partial charge in [0.1, 0.15) is 5.75 Å². The van der Waals surface area contributed by atoms with E-state index in [-0.39, 0.29) is 11.9 Å². The number of nitrogens with zero attached hydrogens (tertiary/aromatic N) is 2. The largest absolute Gasteiger partial charge is 0.481 e. The van der Waals surface area contributed by atoms with E-state index in [4.69, 9.17) is 4.74 Å². The molecule has 0 saturated heterocycles. The van der Waals surface area contributed by atoms with Crippen LogP contribution in [-0.4, -0.2) is 27.4 Å². The fraction of sp³-hybridized carbons (Fsp3) is 0.286. The number of fused-ring (bicyclic) bond motifs is 1. The quantitative estimate of drug-likeness (QED) is 0.859. The number of aromatic nitrogens is 2. The predicted octanol–water partition coefficient (Wildman–Crippen LogP) is 2.08. The van der Waals surface area contributed by atoms with Gasteiger partial charge < -0.3 is 4.74 Å². The van der Waals surface area contributed by atoms with Crippen molar-refractivity contribution in [3.63, 3.8) is 0 Å². The molecule has 0 spiro atoms. The fourth-order valence-electron chi connectivity index (χ4n) is 2.06. The van der Waals surface area contributed by atoms with Gasteiger partial charge in [0.2, 0.25) is 0 Å². The third-order valence-electron chi connectivity index (χ3n) is 3.00. The van der Waals surface area contributed by atoms with Crippen LogP contribution < -0.4 is 4.74 Å². The summed E-state index contributed by atoms with van der Waals surface area (Å²) in [5.41, 5.74) is 0.931. The van der Waals surface area contributed by atoms with Gasteiger partial charge in [0.25, 0.3) is 0 Å². The van der Waals surface area contributed by atoms with E-state index in [0.29, 0.717) is 12.2 Å². The molecular formula is C14H14N2O2S. The summed E-state index contributed by atoms with van der Waals surface area (Å²) in [6, 6.07) is 7.83. The Morgan fingerprint density at radius 1 is 1.53 bits per heavy atom. The molecule has 0 N–H and O–H groups in total. The Kier molecular flexibility index (Phi) is 3.29. The Balaban J connectivity index is 1.69.